The fourth-order valence-corrected chi connectivity index (χ4v) is 15.2. The van der Waals surface area contributed by atoms with Gasteiger partial charge in [-0.1, -0.05) is 103 Å². The fraction of sp³-hybridized carbons (Fsp3) is 0.562. The van der Waals surface area contributed by atoms with Crippen molar-refractivity contribution >= 4 is 96.7 Å². The highest BCUT2D eigenvalue weighted by Crippen LogP contribution is 2.49. The Morgan fingerprint density at radius 1 is 0.716 bits per heavy atom. The van der Waals surface area contributed by atoms with Crippen LogP contribution in [0.1, 0.15) is 162 Å². The van der Waals surface area contributed by atoms with Gasteiger partial charge in [-0.2, -0.15) is 21.4 Å². The first kappa shape index (κ1) is 95.0. The molecule has 116 heavy (non-hydrogen) atoms. The zero-order valence-electron chi connectivity index (χ0n) is 67.8. The van der Waals surface area contributed by atoms with E-state index in [-0.39, 0.29) is 150 Å². The van der Waals surface area contributed by atoms with E-state index in [0.29, 0.717) is 63.6 Å². The number of nitrogens with one attached hydrogen (secondary N) is 7. The third kappa shape index (κ3) is 29.7. The van der Waals surface area contributed by atoms with Crippen LogP contribution in [0.3, 0.4) is 0 Å². The van der Waals surface area contributed by atoms with E-state index in [1.54, 1.807) is 32.0 Å². The SMILES string of the molecule is CC[C@H](C)[C@H](NC(=O)[C@H](Cc1ccc(O)cc1)NC(=O)[C@@H]1CCCN1C(=O)[C@H](CCCN=C(N)N)NC(=O)[C@@H](N)CCCN=C(N)NC(=O)NCCOCCOCCNC(=O)CCCCCN1C(=CC=CC=CC2=[N+](CCCCS(=O)(=O)O)c3ccccc3C2(C)C)C(C)(C)c2cc(S(=O)(=O)O)ccc21)C(=O)N[C@@H](CC(C)C)C(=O)O. The number of hydrogen-bond acceptors (Lipinski definition) is 19. The van der Waals surface area contributed by atoms with Crippen LogP contribution >= 0.6 is 0 Å². The van der Waals surface area contributed by atoms with Gasteiger partial charge in [0.2, 0.25) is 41.1 Å². The van der Waals surface area contributed by atoms with Gasteiger partial charge in [0.05, 0.1) is 48.5 Å². The number of anilines is 1. The molecule has 1 fully saturated rings. The predicted molar refractivity (Wildman–Crippen MR) is 442 cm³/mol. The average molecular weight is 1660 g/mol. The van der Waals surface area contributed by atoms with Gasteiger partial charge in [-0.25, -0.2) is 9.59 Å². The number of nitrogens with two attached hydrogens (primary N) is 4. The van der Waals surface area contributed by atoms with Crippen LogP contribution in [0.4, 0.5) is 16.2 Å². The van der Waals surface area contributed by atoms with Crippen molar-refractivity contribution in [2.75, 3.05) is 82.9 Å². The van der Waals surface area contributed by atoms with E-state index in [1.807, 2.05) is 76.3 Å². The van der Waals surface area contributed by atoms with Gasteiger partial charge < -0.3 is 84.3 Å². The molecule has 0 saturated carbocycles. The van der Waals surface area contributed by atoms with Crippen molar-refractivity contribution in [1.29, 1.82) is 0 Å². The molecule has 34 nitrogen and oxygen atoms in total. The molecular formula is C80H121N16O18S2+. The lowest BCUT2D eigenvalue weighted by Gasteiger charge is -2.31. The van der Waals surface area contributed by atoms with E-state index < -0.39 is 109 Å². The number of fused-ring (bicyclic) bond motifs is 2. The molecule has 36 heteroatoms. The molecule has 3 aliphatic heterocycles. The number of nitrogens with zero attached hydrogens (tertiary/aromatic N) is 5. The zero-order chi connectivity index (χ0) is 85.5. The number of carboxylic acids is 1. The van der Waals surface area contributed by atoms with Crippen LogP contribution in [0.15, 0.2) is 118 Å². The normalized spacial score (nSPS) is 17.1. The molecule has 8 amide bonds. The number of likely N-dealkylation sites (tertiary alicyclic amines) is 1. The number of phenolic OH excluding ortho intramolecular Hbond substituents is 1. The second-order valence-corrected chi connectivity index (χ2v) is 33.7. The van der Waals surface area contributed by atoms with Crippen LogP contribution in [0.5, 0.6) is 5.75 Å². The van der Waals surface area contributed by atoms with Gasteiger partial charge in [-0.15, -0.1) is 0 Å². The minimum absolute atomic E-state index is 0.0415. The van der Waals surface area contributed by atoms with Crippen LogP contribution in [0.25, 0.3) is 0 Å². The highest BCUT2D eigenvalue weighted by molar-refractivity contribution is 7.86. The number of para-hydroxylation sites is 1. The monoisotopic (exact) mass is 1660 g/mol. The van der Waals surface area contributed by atoms with E-state index in [2.05, 4.69) is 76.6 Å². The minimum Gasteiger partial charge on any atom is -0.508 e. The molecule has 0 bridgehead atoms. The highest BCUT2D eigenvalue weighted by atomic mass is 32.2. The molecule has 3 aromatic carbocycles. The largest absolute Gasteiger partial charge is 0.508 e. The molecule has 0 spiro atoms. The zero-order valence-corrected chi connectivity index (χ0v) is 69.4. The number of unbranched alkanes of at least 4 members (excludes halogenated alkanes) is 3. The first-order valence-electron chi connectivity index (χ1n) is 39.6. The van der Waals surface area contributed by atoms with E-state index in [9.17, 15) is 74.5 Å². The first-order chi connectivity index (χ1) is 54.8. The number of carbonyl (C=O) groups is 8. The van der Waals surface area contributed by atoms with Crippen LogP contribution in [0.2, 0.25) is 0 Å². The van der Waals surface area contributed by atoms with Crippen LogP contribution < -0.4 is 65.1 Å². The average Bonchev–Trinajstić information content (AvgIpc) is 1.59. The third-order valence-corrected chi connectivity index (χ3v) is 22.2. The number of urea groups is 1. The van der Waals surface area contributed by atoms with E-state index in [1.165, 1.54) is 29.2 Å². The predicted octanol–water partition coefficient (Wildman–Crippen LogP) is 4.31. The van der Waals surface area contributed by atoms with Crippen molar-refractivity contribution in [1.82, 2.24) is 42.1 Å². The molecule has 1 saturated heterocycles. The lowest BCUT2D eigenvalue weighted by molar-refractivity contribution is -0.438. The molecule has 3 heterocycles. The van der Waals surface area contributed by atoms with E-state index >= 15 is 0 Å². The highest BCUT2D eigenvalue weighted by Gasteiger charge is 2.45. The number of allylic oxidation sites excluding steroid dienone is 6. The second kappa shape index (κ2) is 45.6. The summed E-state index contributed by atoms with van der Waals surface area (Å²) >= 11 is 0. The van der Waals surface area contributed by atoms with Crippen molar-refractivity contribution in [2.24, 2.45) is 44.8 Å². The van der Waals surface area contributed by atoms with Crippen molar-refractivity contribution < 1.29 is 88.6 Å². The molecule has 0 aliphatic carbocycles. The summed E-state index contributed by atoms with van der Waals surface area (Å²) in [5.74, 6) is -6.09. The standard InChI is InChI=1S/C80H120N16O18S2/c1-9-53(4)69(73(102)91-62(75(104)105)49-52(2)3)92-71(100)61(50-54-31-33-55(97)34-32-54)90-72(101)65-27-22-43-96(65)74(103)60(25-21-37-86-76(82)83)89-70(99)59(81)24-20-38-87-77(84)93-78(106)88-40-45-114-47-46-113-44-39-85-68(98)30-14-11-17-41-95-64-36-35-56(116(110,111)112)51-58(64)80(7,8)67(95)29-13-10-12-28-66-79(5,6)57-23-15-16-26-63(57)94(66)42-18-19-48-115(107,108)109/h10,12-13,15-16,23,26,28-29,31-36,51-53,59-62,65,69H,9,11,14,17-22,24-25,27,30,37-50,81H2,1-8H3,(H16-,82,83,84,85,86,87,88,89,90,91,92,93,97,98,99,100,101,102,104,105,106,107,108,109,110,111,112)/p+1/t53-,59-,60-,61-,62-,65-,69-/m0/s1. The minimum atomic E-state index is -4.48. The van der Waals surface area contributed by atoms with Crippen molar-refractivity contribution in [2.45, 2.75) is 204 Å². The van der Waals surface area contributed by atoms with Gasteiger partial charge in [-0.3, -0.25) is 53.2 Å². The van der Waals surface area contributed by atoms with Gasteiger partial charge in [0, 0.05) is 93.0 Å². The maximum atomic E-state index is 14.5. The summed E-state index contributed by atoms with van der Waals surface area (Å²) in [6.07, 6.45) is 14.7. The molecule has 0 aromatic heterocycles. The Bertz CT molecular complexity index is 4300. The number of rotatable bonds is 48. The Labute approximate surface area is 680 Å². The lowest BCUT2D eigenvalue weighted by Crippen LogP contribution is -2.60. The Morgan fingerprint density at radius 2 is 1.39 bits per heavy atom. The number of aliphatic carboxylic acids is 1. The number of benzene rings is 3. The second-order valence-electron chi connectivity index (χ2n) is 30.7. The fourth-order valence-electron chi connectivity index (χ4n) is 14.1. The van der Waals surface area contributed by atoms with Crippen molar-refractivity contribution in [3.8, 4) is 5.75 Å². The van der Waals surface area contributed by atoms with Crippen LogP contribution in [0, 0.1) is 11.8 Å². The summed E-state index contributed by atoms with van der Waals surface area (Å²) in [7, 11) is -8.55. The van der Waals surface area contributed by atoms with Crippen molar-refractivity contribution in [3.05, 3.63) is 119 Å². The molecule has 19 N–H and O–H groups in total. The summed E-state index contributed by atoms with van der Waals surface area (Å²) in [5, 5.41) is 38.6. The molecule has 6 rings (SSSR count). The van der Waals surface area contributed by atoms with Crippen molar-refractivity contribution in [3.63, 3.8) is 0 Å². The number of hydrogen-bond donors (Lipinski definition) is 15. The summed E-state index contributed by atoms with van der Waals surface area (Å²) in [6.45, 7) is 18.0. The Balaban J connectivity index is 0.889. The number of ether oxygens (including phenoxy) is 2. The molecule has 3 aliphatic rings. The van der Waals surface area contributed by atoms with Crippen LogP contribution in [-0.2, 0) is 80.5 Å². The number of aromatic hydroxyl groups is 1. The Hall–Kier alpha value is -9.85. The maximum Gasteiger partial charge on any atom is 0.326 e. The Morgan fingerprint density at radius 3 is 2.05 bits per heavy atom. The molecular weight excluding hydrogens is 1540 g/mol. The van der Waals surface area contributed by atoms with Gasteiger partial charge in [0.25, 0.3) is 20.2 Å². The molecule has 3 aromatic rings. The maximum absolute atomic E-state index is 14.5. The van der Waals surface area contributed by atoms with Gasteiger partial charge in [0.1, 0.15) is 42.5 Å². The Kier molecular flexibility index (Phi) is 37.3. The number of amides is 8. The van der Waals surface area contributed by atoms with Gasteiger partial charge >= 0.3 is 12.0 Å². The quantitative estimate of drug-likeness (QED) is 0.00935. The number of guanidine groups is 2. The van der Waals surface area contributed by atoms with Crippen LogP contribution in [-0.4, -0.2) is 225 Å². The van der Waals surface area contributed by atoms with E-state index in [0.717, 1.165) is 40.3 Å². The molecule has 640 valence electrons. The number of carbonyl (C=O) groups excluding carboxylic acids is 7. The molecule has 0 radical (unpaired) electrons. The number of phenols is 1. The first-order valence-corrected chi connectivity index (χ1v) is 42.6. The summed E-state index contributed by atoms with van der Waals surface area (Å²) in [5.41, 5.74) is 28.6. The number of carboxylic acid groups (broad SMARTS) is 1. The van der Waals surface area contributed by atoms with Gasteiger partial charge in [0.15, 0.2) is 17.6 Å². The summed E-state index contributed by atoms with van der Waals surface area (Å²) < 4.78 is 80.1. The molecule has 0 unspecified atom stereocenters. The third-order valence-electron chi connectivity index (χ3n) is 20.5. The molecule has 7 atom stereocenters. The smallest absolute Gasteiger partial charge is 0.326 e. The lowest BCUT2D eigenvalue weighted by atomic mass is 9.81. The summed E-state index contributed by atoms with van der Waals surface area (Å²) in [4.78, 5) is 120. The number of aliphatic imine (C=N–C) groups is 2. The summed E-state index contributed by atoms with van der Waals surface area (Å²) in [6, 6.07) is 10.8. The topological polar surface area (TPSA) is 527 Å². The van der Waals surface area contributed by atoms with Gasteiger partial charge in [-0.05, 0) is 137 Å². The van der Waals surface area contributed by atoms with E-state index in [4.69, 9.17) is 32.4 Å².